The van der Waals surface area contributed by atoms with Gasteiger partial charge >= 0.3 is 0 Å². The van der Waals surface area contributed by atoms with Crippen molar-refractivity contribution < 1.29 is 0 Å². The van der Waals surface area contributed by atoms with Gasteiger partial charge in [0.25, 0.3) is 0 Å². The number of nitrogens with zero attached hydrogens (tertiary/aromatic N) is 1. The quantitative estimate of drug-likeness (QED) is 0.561. The van der Waals surface area contributed by atoms with Crippen LogP contribution in [-0.4, -0.2) is 38.1 Å². The molecular weight excluding hydrogens is 136 g/mol. The molecule has 66 valence electrons. The summed E-state index contributed by atoms with van der Waals surface area (Å²) in [5.74, 6) is 0.804. The molecule has 1 N–H and O–H groups in total. The minimum atomic E-state index is 0.804. The summed E-state index contributed by atoms with van der Waals surface area (Å²) in [7, 11) is 2.22. The first-order valence-corrected chi connectivity index (χ1v) is 4.68. The lowest BCUT2D eigenvalue weighted by atomic mass is 10.2. The van der Waals surface area contributed by atoms with Gasteiger partial charge in [0.1, 0.15) is 0 Å². The average Bonchev–Trinajstić information content (AvgIpc) is 2.02. The second-order valence-corrected chi connectivity index (χ2v) is 3.78. The van der Waals surface area contributed by atoms with E-state index < -0.39 is 0 Å². The van der Waals surface area contributed by atoms with Gasteiger partial charge in [-0.3, -0.25) is 0 Å². The standard InChI is InChI=1S/C9H20N2/c1-9-7-10-5-3-4-6-11(2)8-9/h9-10H,3-8H2,1-2H3. The third-order valence-corrected chi connectivity index (χ3v) is 2.26. The zero-order valence-corrected chi connectivity index (χ0v) is 7.77. The molecule has 0 spiro atoms. The minimum absolute atomic E-state index is 0.804. The Balaban J connectivity index is 2.27. The molecule has 1 aliphatic heterocycles. The van der Waals surface area contributed by atoms with Crippen LogP contribution in [0.15, 0.2) is 0 Å². The van der Waals surface area contributed by atoms with E-state index in [1.165, 1.54) is 39.0 Å². The summed E-state index contributed by atoms with van der Waals surface area (Å²) in [4.78, 5) is 2.44. The zero-order valence-electron chi connectivity index (χ0n) is 7.77. The van der Waals surface area contributed by atoms with E-state index in [9.17, 15) is 0 Å². The zero-order chi connectivity index (χ0) is 8.10. The van der Waals surface area contributed by atoms with Crippen molar-refractivity contribution >= 4 is 0 Å². The Hall–Kier alpha value is -0.0800. The van der Waals surface area contributed by atoms with Crippen LogP contribution in [0, 0.1) is 5.92 Å². The van der Waals surface area contributed by atoms with Crippen LogP contribution in [-0.2, 0) is 0 Å². The first kappa shape index (κ1) is 9.01. The molecule has 0 bridgehead atoms. The molecule has 0 aromatic carbocycles. The Morgan fingerprint density at radius 1 is 1.36 bits per heavy atom. The fraction of sp³-hybridized carbons (Fsp3) is 1.00. The smallest absolute Gasteiger partial charge is 0.00161 e. The van der Waals surface area contributed by atoms with Gasteiger partial charge < -0.3 is 10.2 Å². The van der Waals surface area contributed by atoms with E-state index in [-0.39, 0.29) is 0 Å². The van der Waals surface area contributed by atoms with Crippen molar-refractivity contribution in [2.24, 2.45) is 5.92 Å². The molecule has 0 aliphatic carbocycles. The van der Waals surface area contributed by atoms with Gasteiger partial charge in [0.05, 0.1) is 0 Å². The molecule has 1 heterocycles. The molecule has 1 unspecified atom stereocenters. The topological polar surface area (TPSA) is 15.3 Å². The second-order valence-electron chi connectivity index (χ2n) is 3.78. The maximum Gasteiger partial charge on any atom is 0.00161 e. The third kappa shape index (κ3) is 3.73. The van der Waals surface area contributed by atoms with E-state index in [4.69, 9.17) is 0 Å². The van der Waals surface area contributed by atoms with Crippen molar-refractivity contribution in [2.45, 2.75) is 19.8 Å². The van der Waals surface area contributed by atoms with Crippen molar-refractivity contribution in [3.05, 3.63) is 0 Å². The Bertz CT molecular complexity index is 91.7. The van der Waals surface area contributed by atoms with E-state index in [2.05, 4.69) is 24.2 Å². The molecule has 0 amide bonds. The van der Waals surface area contributed by atoms with Gasteiger partial charge in [-0.25, -0.2) is 0 Å². The largest absolute Gasteiger partial charge is 0.316 e. The van der Waals surface area contributed by atoms with Crippen LogP contribution in [0.5, 0.6) is 0 Å². The van der Waals surface area contributed by atoms with Gasteiger partial charge in [0.2, 0.25) is 0 Å². The van der Waals surface area contributed by atoms with Crippen molar-refractivity contribution in [3.63, 3.8) is 0 Å². The van der Waals surface area contributed by atoms with E-state index in [1.807, 2.05) is 0 Å². The highest BCUT2D eigenvalue weighted by Gasteiger charge is 2.07. The van der Waals surface area contributed by atoms with Gasteiger partial charge in [-0.05, 0) is 45.4 Å². The SMILES string of the molecule is CC1CNCCCCN(C)C1. The molecule has 0 saturated carbocycles. The van der Waals surface area contributed by atoms with Crippen LogP contribution in [0.3, 0.4) is 0 Å². The lowest BCUT2D eigenvalue weighted by Crippen LogP contribution is -2.29. The van der Waals surface area contributed by atoms with Crippen molar-refractivity contribution in [3.8, 4) is 0 Å². The molecule has 1 aliphatic rings. The molecule has 1 saturated heterocycles. The Kier molecular flexibility index (Phi) is 3.87. The monoisotopic (exact) mass is 156 g/mol. The van der Waals surface area contributed by atoms with Crippen LogP contribution < -0.4 is 5.32 Å². The molecule has 1 fully saturated rings. The molecule has 2 nitrogen and oxygen atoms in total. The Morgan fingerprint density at radius 3 is 3.00 bits per heavy atom. The minimum Gasteiger partial charge on any atom is -0.316 e. The van der Waals surface area contributed by atoms with Crippen molar-refractivity contribution in [2.75, 3.05) is 33.2 Å². The summed E-state index contributed by atoms with van der Waals surface area (Å²) in [5, 5.41) is 3.47. The summed E-state index contributed by atoms with van der Waals surface area (Å²) in [6.45, 7) is 7.22. The van der Waals surface area contributed by atoms with Gasteiger partial charge in [-0.2, -0.15) is 0 Å². The Morgan fingerprint density at radius 2 is 2.18 bits per heavy atom. The highest BCUT2D eigenvalue weighted by atomic mass is 15.1. The van der Waals surface area contributed by atoms with E-state index >= 15 is 0 Å². The summed E-state index contributed by atoms with van der Waals surface area (Å²) in [6.07, 6.45) is 2.67. The molecule has 2 heteroatoms. The molecular formula is C9H20N2. The second kappa shape index (κ2) is 4.73. The van der Waals surface area contributed by atoms with Crippen LogP contribution in [0.1, 0.15) is 19.8 Å². The fourth-order valence-electron chi connectivity index (χ4n) is 1.67. The Labute approximate surface area is 70.0 Å². The van der Waals surface area contributed by atoms with Crippen LogP contribution in [0.25, 0.3) is 0 Å². The first-order valence-electron chi connectivity index (χ1n) is 4.68. The number of rotatable bonds is 0. The molecule has 1 rings (SSSR count). The van der Waals surface area contributed by atoms with Crippen LogP contribution >= 0.6 is 0 Å². The number of nitrogens with one attached hydrogen (secondary N) is 1. The van der Waals surface area contributed by atoms with Crippen LogP contribution in [0.4, 0.5) is 0 Å². The predicted octanol–water partition coefficient (Wildman–Crippen LogP) is 0.938. The summed E-state index contributed by atoms with van der Waals surface area (Å²) < 4.78 is 0. The summed E-state index contributed by atoms with van der Waals surface area (Å²) in [6, 6.07) is 0. The number of hydrogen-bond acceptors (Lipinski definition) is 2. The number of hydrogen-bond donors (Lipinski definition) is 1. The predicted molar refractivity (Wildman–Crippen MR) is 48.8 cm³/mol. The molecule has 1 atom stereocenters. The highest BCUT2D eigenvalue weighted by molar-refractivity contribution is 4.65. The lowest BCUT2D eigenvalue weighted by Gasteiger charge is -2.19. The molecule has 0 aromatic heterocycles. The van der Waals surface area contributed by atoms with Crippen molar-refractivity contribution in [1.29, 1.82) is 0 Å². The summed E-state index contributed by atoms with van der Waals surface area (Å²) >= 11 is 0. The maximum atomic E-state index is 3.47. The fourth-order valence-corrected chi connectivity index (χ4v) is 1.67. The van der Waals surface area contributed by atoms with Crippen molar-refractivity contribution in [1.82, 2.24) is 10.2 Å². The molecule has 11 heavy (non-hydrogen) atoms. The van der Waals surface area contributed by atoms with Gasteiger partial charge in [0.15, 0.2) is 0 Å². The van der Waals surface area contributed by atoms with Crippen LogP contribution in [0.2, 0.25) is 0 Å². The van der Waals surface area contributed by atoms with Gasteiger partial charge in [0, 0.05) is 6.54 Å². The first-order chi connectivity index (χ1) is 5.29. The van der Waals surface area contributed by atoms with Gasteiger partial charge in [-0.15, -0.1) is 0 Å². The normalized spacial score (nSPS) is 30.5. The highest BCUT2D eigenvalue weighted by Crippen LogP contribution is 2.01. The van der Waals surface area contributed by atoms with E-state index in [1.54, 1.807) is 0 Å². The van der Waals surface area contributed by atoms with E-state index in [0.717, 1.165) is 5.92 Å². The third-order valence-electron chi connectivity index (χ3n) is 2.26. The average molecular weight is 156 g/mol. The maximum absolute atomic E-state index is 3.47. The molecule has 0 aromatic rings. The van der Waals surface area contributed by atoms with E-state index in [0.29, 0.717) is 0 Å². The lowest BCUT2D eigenvalue weighted by molar-refractivity contribution is 0.289. The van der Waals surface area contributed by atoms with Gasteiger partial charge in [-0.1, -0.05) is 6.92 Å². The molecule has 0 radical (unpaired) electrons. The summed E-state index contributed by atoms with van der Waals surface area (Å²) in [5.41, 5.74) is 0.